The zero-order chi connectivity index (χ0) is 27.9. The highest BCUT2D eigenvalue weighted by atomic mass is 19.1. The van der Waals surface area contributed by atoms with E-state index in [-0.39, 0.29) is 11.4 Å². The van der Waals surface area contributed by atoms with Gasteiger partial charge in [-0.15, -0.1) is 0 Å². The summed E-state index contributed by atoms with van der Waals surface area (Å²) in [6, 6.07) is 9.98. The Kier molecular flexibility index (Phi) is 6.46. The number of nitrogens with two attached hydrogens (primary N) is 2. The van der Waals surface area contributed by atoms with Gasteiger partial charge in [0, 0.05) is 24.8 Å². The summed E-state index contributed by atoms with van der Waals surface area (Å²) in [7, 11) is 1.22. The van der Waals surface area contributed by atoms with Crippen LogP contribution in [0.1, 0.15) is 24.1 Å². The van der Waals surface area contributed by atoms with Crippen LogP contribution in [0.2, 0.25) is 0 Å². The van der Waals surface area contributed by atoms with Crippen LogP contribution >= 0.6 is 0 Å². The lowest BCUT2D eigenvalue weighted by molar-refractivity contribution is 0.345. The number of nitrogen functional groups attached to an aromatic ring is 1. The Labute approximate surface area is 228 Å². The van der Waals surface area contributed by atoms with Gasteiger partial charge in [0.2, 0.25) is 0 Å². The number of imidazole rings is 1. The van der Waals surface area contributed by atoms with Crippen molar-refractivity contribution in [1.29, 1.82) is 0 Å². The van der Waals surface area contributed by atoms with Crippen LogP contribution in [-0.4, -0.2) is 49.7 Å². The summed E-state index contributed by atoms with van der Waals surface area (Å²) in [6.45, 7) is 1.62. The maximum Gasteiger partial charge on any atom is 0.190 e. The van der Waals surface area contributed by atoms with E-state index in [2.05, 4.69) is 29.8 Å². The molecule has 0 aliphatic carbocycles. The molecule has 0 bridgehead atoms. The highest BCUT2D eigenvalue weighted by Gasteiger charge is 2.35. The number of fused-ring (bicyclic) bond motifs is 1. The molecule has 0 saturated carbocycles. The number of nitrogens with zero attached hydrogens (tertiary/aromatic N) is 7. The fourth-order valence-electron chi connectivity index (χ4n) is 5.32. The summed E-state index contributed by atoms with van der Waals surface area (Å²) in [5.74, 6) is -1.78. The van der Waals surface area contributed by atoms with E-state index in [9.17, 15) is 8.78 Å². The van der Waals surface area contributed by atoms with E-state index >= 15 is 0 Å². The third kappa shape index (κ3) is 4.56. The third-order valence-electron chi connectivity index (χ3n) is 7.27. The minimum Gasteiger partial charge on any atom is -0.491 e. The predicted octanol–water partition coefficient (Wildman–Crippen LogP) is 3.66. The van der Waals surface area contributed by atoms with Crippen LogP contribution < -0.4 is 21.1 Å². The van der Waals surface area contributed by atoms with E-state index < -0.39 is 22.9 Å². The molecule has 6 rings (SSSR count). The minimum absolute atomic E-state index is 0.280. The van der Waals surface area contributed by atoms with Crippen LogP contribution in [0.25, 0.3) is 22.4 Å². The Morgan fingerprint density at radius 1 is 1.05 bits per heavy atom. The average molecular weight is 544 g/mol. The van der Waals surface area contributed by atoms with E-state index in [4.69, 9.17) is 16.2 Å². The molecule has 12 heteroatoms. The number of methoxy groups -OCH3 is 1. The number of aromatic nitrogens is 6. The highest BCUT2D eigenvalue weighted by Crippen LogP contribution is 2.35. The summed E-state index contributed by atoms with van der Waals surface area (Å²) >= 11 is 0. The summed E-state index contributed by atoms with van der Waals surface area (Å²) in [5, 5.41) is 0. The molecule has 0 radical (unpaired) electrons. The molecule has 4 aromatic heterocycles. The Morgan fingerprint density at radius 2 is 1.88 bits per heavy atom. The second-order valence-electron chi connectivity index (χ2n) is 9.87. The molecule has 0 amide bonds. The van der Waals surface area contributed by atoms with E-state index in [0.717, 1.165) is 36.3 Å². The first-order valence-corrected chi connectivity index (χ1v) is 12.8. The van der Waals surface area contributed by atoms with Gasteiger partial charge in [0.1, 0.15) is 11.8 Å². The number of benzene rings is 1. The van der Waals surface area contributed by atoms with Gasteiger partial charge in [0.15, 0.2) is 28.8 Å². The van der Waals surface area contributed by atoms with E-state index in [1.54, 1.807) is 18.7 Å². The Morgan fingerprint density at radius 3 is 2.62 bits per heavy atom. The SMILES string of the molecule is COc1c(F)cc(-c2cc(Cn3cnc4c(N)ncnc43)c(N3CCC[C@](N)(c4ccccn4)C3)cn2)cc1F. The molecule has 0 unspecified atom stereocenters. The Hall–Kier alpha value is -4.71. The zero-order valence-electron chi connectivity index (χ0n) is 21.8. The molecule has 1 aromatic carbocycles. The van der Waals surface area contributed by atoms with Crippen molar-refractivity contribution in [3.05, 3.63) is 84.3 Å². The first kappa shape index (κ1) is 25.6. The summed E-state index contributed by atoms with van der Waals surface area (Å²) in [5.41, 5.74) is 16.5. The number of piperidine rings is 1. The van der Waals surface area contributed by atoms with Crippen molar-refractivity contribution in [2.45, 2.75) is 24.9 Å². The topological polar surface area (TPSA) is 134 Å². The molecule has 5 aromatic rings. The smallest absolute Gasteiger partial charge is 0.190 e. The van der Waals surface area contributed by atoms with Crippen LogP contribution in [0.4, 0.5) is 20.3 Å². The van der Waals surface area contributed by atoms with Gasteiger partial charge < -0.3 is 25.7 Å². The molecule has 1 aliphatic rings. The molecule has 40 heavy (non-hydrogen) atoms. The minimum atomic E-state index is -0.808. The largest absolute Gasteiger partial charge is 0.491 e. The van der Waals surface area contributed by atoms with Crippen molar-refractivity contribution in [3.8, 4) is 17.0 Å². The summed E-state index contributed by atoms with van der Waals surface area (Å²) in [4.78, 5) is 24.1. The van der Waals surface area contributed by atoms with Gasteiger partial charge in [-0.1, -0.05) is 6.07 Å². The maximum atomic E-state index is 14.6. The lowest BCUT2D eigenvalue weighted by atomic mass is 9.86. The number of anilines is 2. The molecular formula is C28H27F2N9O. The average Bonchev–Trinajstić information content (AvgIpc) is 3.37. The second kappa shape index (κ2) is 10.1. The summed E-state index contributed by atoms with van der Waals surface area (Å²) < 4.78 is 35.8. The van der Waals surface area contributed by atoms with Crippen molar-refractivity contribution in [2.24, 2.45) is 5.73 Å². The molecule has 1 aliphatic heterocycles. The van der Waals surface area contributed by atoms with Crippen LogP contribution in [0.5, 0.6) is 5.75 Å². The quantitative estimate of drug-likeness (QED) is 0.329. The van der Waals surface area contributed by atoms with Crippen LogP contribution in [-0.2, 0) is 12.1 Å². The van der Waals surface area contributed by atoms with Gasteiger partial charge in [-0.05, 0) is 48.7 Å². The van der Waals surface area contributed by atoms with E-state index in [1.807, 2.05) is 28.8 Å². The van der Waals surface area contributed by atoms with E-state index in [1.165, 1.54) is 25.6 Å². The Balaban J connectivity index is 1.44. The molecule has 1 fully saturated rings. The number of halogens is 2. The number of pyridine rings is 2. The van der Waals surface area contributed by atoms with E-state index in [0.29, 0.717) is 29.9 Å². The normalized spacial score (nSPS) is 17.4. The lowest BCUT2D eigenvalue weighted by Gasteiger charge is -2.41. The molecule has 0 spiro atoms. The lowest BCUT2D eigenvalue weighted by Crippen LogP contribution is -2.52. The first-order chi connectivity index (χ1) is 19.4. The van der Waals surface area contributed by atoms with Gasteiger partial charge >= 0.3 is 0 Å². The van der Waals surface area contributed by atoms with Gasteiger partial charge in [-0.2, -0.15) is 0 Å². The fraction of sp³-hybridized carbons (Fsp3) is 0.250. The maximum absolute atomic E-state index is 14.6. The number of ether oxygens (including phenoxy) is 1. The number of rotatable bonds is 6. The second-order valence-corrected chi connectivity index (χ2v) is 9.87. The fourth-order valence-corrected chi connectivity index (χ4v) is 5.32. The third-order valence-corrected chi connectivity index (χ3v) is 7.27. The van der Waals surface area contributed by atoms with Gasteiger partial charge in [-0.3, -0.25) is 9.97 Å². The number of hydrogen-bond acceptors (Lipinski definition) is 9. The van der Waals surface area contributed by atoms with Gasteiger partial charge in [0.25, 0.3) is 0 Å². The van der Waals surface area contributed by atoms with Crippen molar-refractivity contribution in [1.82, 2.24) is 29.5 Å². The van der Waals surface area contributed by atoms with Crippen LogP contribution in [0.3, 0.4) is 0 Å². The molecule has 1 atom stereocenters. The molecule has 5 heterocycles. The van der Waals surface area contributed by atoms with Crippen LogP contribution in [0, 0.1) is 11.6 Å². The predicted molar refractivity (Wildman–Crippen MR) is 147 cm³/mol. The molecule has 204 valence electrons. The highest BCUT2D eigenvalue weighted by molar-refractivity contribution is 5.81. The van der Waals surface area contributed by atoms with Crippen molar-refractivity contribution in [2.75, 3.05) is 30.8 Å². The monoisotopic (exact) mass is 543 g/mol. The summed E-state index contributed by atoms with van der Waals surface area (Å²) in [6.07, 6.45) is 8.13. The Bertz CT molecular complexity index is 1670. The number of hydrogen-bond donors (Lipinski definition) is 2. The molecular weight excluding hydrogens is 516 g/mol. The molecule has 4 N–H and O–H groups in total. The van der Waals surface area contributed by atoms with Gasteiger partial charge in [0.05, 0.1) is 48.8 Å². The van der Waals surface area contributed by atoms with Crippen molar-refractivity contribution >= 4 is 22.7 Å². The van der Waals surface area contributed by atoms with Gasteiger partial charge in [-0.25, -0.2) is 23.7 Å². The van der Waals surface area contributed by atoms with Crippen molar-refractivity contribution in [3.63, 3.8) is 0 Å². The zero-order valence-corrected chi connectivity index (χ0v) is 21.8. The molecule has 10 nitrogen and oxygen atoms in total. The standard InChI is InChI=1S/C28H27F2N9O/c1-40-25-19(29)9-17(10-20(25)30)21-11-18(13-39-16-37-24-26(31)35-15-36-27(24)39)22(12-34-21)38-8-4-6-28(32,14-38)23-5-2-3-7-33-23/h2-3,5,7,9-12,15-16H,4,6,8,13-14,32H2,1H3,(H2,31,35,36)/t28-/m1/s1. The first-order valence-electron chi connectivity index (χ1n) is 12.8. The molecule has 1 saturated heterocycles. The van der Waals surface area contributed by atoms with Crippen molar-refractivity contribution < 1.29 is 13.5 Å². The van der Waals surface area contributed by atoms with Crippen LogP contribution in [0.15, 0.2) is 61.4 Å².